The Labute approximate surface area is 52.6 Å². The summed E-state index contributed by atoms with van der Waals surface area (Å²) in [6.45, 7) is 3.22. The first-order valence-electron chi connectivity index (χ1n) is 1.60. The van der Waals surface area contributed by atoms with Gasteiger partial charge in [-0.3, -0.25) is 4.79 Å². The molecule has 0 amide bonds. The predicted molar refractivity (Wildman–Crippen MR) is 32.8 cm³/mol. The van der Waals surface area contributed by atoms with Crippen LogP contribution in [0.4, 0.5) is 0 Å². The molecule has 0 aromatic heterocycles. The van der Waals surface area contributed by atoms with E-state index in [2.05, 4.69) is 6.58 Å². The summed E-state index contributed by atoms with van der Waals surface area (Å²) >= 11 is 0. The van der Waals surface area contributed by atoms with Crippen LogP contribution in [0.25, 0.3) is 0 Å². The summed E-state index contributed by atoms with van der Waals surface area (Å²) in [6, 6.07) is 0. The van der Waals surface area contributed by atoms with Crippen molar-refractivity contribution in [3.63, 3.8) is 0 Å². The highest BCUT2D eigenvalue weighted by Gasteiger charge is 1.84. The van der Waals surface area contributed by atoms with Gasteiger partial charge in [-0.25, -0.2) is 0 Å². The van der Waals surface area contributed by atoms with Crippen LogP contribution in [0.5, 0.6) is 0 Å². The normalized spacial score (nSPS) is 6.29. The lowest BCUT2D eigenvalue weighted by Crippen LogP contribution is -1.88. The maximum atomic E-state index is 9.53. The van der Waals surface area contributed by atoms with Gasteiger partial charge in [-0.05, 0) is 0 Å². The van der Waals surface area contributed by atoms with Crippen molar-refractivity contribution in [2.45, 2.75) is 6.42 Å². The van der Waals surface area contributed by atoms with Crippen molar-refractivity contribution in [1.29, 1.82) is 0 Å². The van der Waals surface area contributed by atoms with Crippen LogP contribution in [-0.4, -0.2) is 11.1 Å². The van der Waals surface area contributed by atoms with Crippen LogP contribution in [0.3, 0.4) is 0 Å². The lowest BCUT2D eigenvalue weighted by atomic mass is 10.4. The third-order valence-corrected chi connectivity index (χ3v) is 0.319. The maximum absolute atomic E-state index is 9.53. The van der Waals surface area contributed by atoms with E-state index in [1.165, 1.54) is 6.08 Å². The molecular weight excluding hydrogens is 160 g/mol. The number of hydrogen-bond acceptors (Lipinski definition) is 1. The van der Waals surface area contributed by atoms with Crippen LogP contribution in [0.2, 0.25) is 0 Å². The fourth-order valence-corrected chi connectivity index (χ4v) is 0.123. The molecule has 7 heavy (non-hydrogen) atoms. The number of carboxylic acid groups (broad SMARTS) is 1. The Morgan fingerprint density at radius 1 is 1.86 bits per heavy atom. The van der Waals surface area contributed by atoms with Gasteiger partial charge in [0, 0.05) is 0 Å². The van der Waals surface area contributed by atoms with Crippen LogP contribution < -0.4 is 0 Å². The van der Waals surface area contributed by atoms with Crippen LogP contribution in [0.15, 0.2) is 12.7 Å². The second-order valence-corrected chi connectivity index (χ2v) is 0.887. The molecule has 0 aromatic rings. The third kappa shape index (κ3) is 10.7. The quantitative estimate of drug-likeness (QED) is 0.627. The van der Waals surface area contributed by atoms with Crippen LogP contribution in [0.1, 0.15) is 6.42 Å². The molecule has 42 valence electrons. The highest BCUT2D eigenvalue weighted by atomic mass is 79.9. The third-order valence-electron chi connectivity index (χ3n) is 0.319. The van der Waals surface area contributed by atoms with Gasteiger partial charge in [0.05, 0.1) is 6.42 Å². The van der Waals surface area contributed by atoms with Gasteiger partial charge in [-0.1, -0.05) is 6.08 Å². The average molecular weight is 167 g/mol. The van der Waals surface area contributed by atoms with E-state index in [0.717, 1.165) is 0 Å². The zero-order chi connectivity index (χ0) is 4.99. The Morgan fingerprint density at radius 2 is 2.29 bits per heavy atom. The van der Waals surface area contributed by atoms with Crippen molar-refractivity contribution in [3.8, 4) is 0 Å². The van der Waals surface area contributed by atoms with Gasteiger partial charge >= 0.3 is 5.97 Å². The zero-order valence-corrected chi connectivity index (χ0v) is 5.47. The fourth-order valence-electron chi connectivity index (χ4n) is 0.123. The summed E-state index contributed by atoms with van der Waals surface area (Å²) in [5, 5.41) is 7.84. The predicted octanol–water partition coefficient (Wildman–Crippen LogP) is 1.23. The standard InChI is InChI=1S/C4H6O2.BrH/c1-2-3-4(5)6;/h2H,1,3H2,(H,5,6);1H. The SMILES string of the molecule is Br.C=CCC(=O)O. The van der Waals surface area contributed by atoms with Gasteiger partial charge in [0.25, 0.3) is 0 Å². The minimum atomic E-state index is -0.829. The van der Waals surface area contributed by atoms with Crippen LogP contribution in [-0.2, 0) is 4.79 Å². The molecule has 0 saturated carbocycles. The van der Waals surface area contributed by atoms with Gasteiger partial charge < -0.3 is 5.11 Å². The number of halogens is 1. The molecule has 0 aromatic carbocycles. The minimum absolute atomic E-state index is 0. The highest BCUT2D eigenvalue weighted by molar-refractivity contribution is 8.93. The van der Waals surface area contributed by atoms with Gasteiger partial charge in [0.15, 0.2) is 0 Å². The van der Waals surface area contributed by atoms with E-state index in [1.807, 2.05) is 0 Å². The molecule has 0 atom stereocenters. The Balaban J connectivity index is 0. The molecule has 0 unspecified atom stereocenters. The van der Waals surface area contributed by atoms with Crippen LogP contribution >= 0.6 is 17.0 Å². The number of carboxylic acids is 1. The monoisotopic (exact) mass is 166 g/mol. The number of rotatable bonds is 2. The zero-order valence-electron chi connectivity index (χ0n) is 3.76. The molecular formula is C4H7BrO2. The number of aliphatic carboxylic acids is 1. The van der Waals surface area contributed by atoms with E-state index < -0.39 is 5.97 Å². The first kappa shape index (κ1) is 9.85. The number of carbonyl (C=O) groups is 1. The molecule has 0 bridgehead atoms. The average Bonchev–Trinajstić information content (AvgIpc) is 1.35. The van der Waals surface area contributed by atoms with E-state index in [-0.39, 0.29) is 23.4 Å². The Hall–Kier alpha value is -0.310. The van der Waals surface area contributed by atoms with E-state index in [4.69, 9.17) is 5.11 Å². The lowest BCUT2D eigenvalue weighted by molar-refractivity contribution is -0.135. The Bertz CT molecular complexity index is 70.1. The highest BCUT2D eigenvalue weighted by Crippen LogP contribution is 1.74. The molecule has 3 heteroatoms. The smallest absolute Gasteiger partial charge is 0.307 e. The van der Waals surface area contributed by atoms with E-state index in [0.29, 0.717) is 0 Å². The van der Waals surface area contributed by atoms with E-state index in [1.54, 1.807) is 0 Å². The van der Waals surface area contributed by atoms with Gasteiger partial charge in [0.1, 0.15) is 0 Å². The molecule has 0 saturated heterocycles. The Kier molecular flexibility index (Phi) is 8.00. The summed E-state index contributed by atoms with van der Waals surface area (Å²) in [5.41, 5.74) is 0. The summed E-state index contributed by atoms with van der Waals surface area (Å²) in [7, 11) is 0. The molecule has 0 rings (SSSR count). The topological polar surface area (TPSA) is 37.3 Å². The van der Waals surface area contributed by atoms with Crippen LogP contribution in [0, 0.1) is 0 Å². The summed E-state index contributed by atoms with van der Waals surface area (Å²) in [6.07, 6.45) is 1.41. The molecule has 2 nitrogen and oxygen atoms in total. The summed E-state index contributed by atoms with van der Waals surface area (Å²) < 4.78 is 0. The molecule has 0 spiro atoms. The second-order valence-electron chi connectivity index (χ2n) is 0.887. The first-order chi connectivity index (χ1) is 2.77. The van der Waals surface area contributed by atoms with E-state index >= 15 is 0 Å². The number of hydrogen-bond donors (Lipinski definition) is 1. The summed E-state index contributed by atoms with van der Waals surface area (Å²) in [4.78, 5) is 9.53. The maximum Gasteiger partial charge on any atom is 0.307 e. The molecule has 0 radical (unpaired) electrons. The molecule has 1 N–H and O–H groups in total. The molecule has 0 fully saturated rings. The van der Waals surface area contributed by atoms with Crippen molar-refractivity contribution in [3.05, 3.63) is 12.7 Å². The van der Waals surface area contributed by atoms with Crippen molar-refractivity contribution in [2.24, 2.45) is 0 Å². The van der Waals surface area contributed by atoms with Crippen molar-refractivity contribution in [2.75, 3.05) is 0 Å². The summed E-state index contributed by atoms with van der Waals surface area (Å²) in [5.74, 6) is -0.829. The molecule has 0 aliphatic carbocycles. The second kappa shape index (κ2) is 5.69. The van der Waals surface area contributed by atoms with Gasteiger partial charge in [0.2, 0.25) is 0 Å². The largest absolute Gasteiger partial charge is 0.481 e. The van der Waals surface area contributed by atoms with Gasteiger partial charge in [-0.2, -0.15) is 0 Å². The molecule has 0 aliphatic heterocycles. The molecule has 0 aliphatic rings. The van der Waals surface area contributed by atoms with Crippen molar-refractivity contribution < 1.29 is 9.90 Å². The Morgan fingerprint density at radius 3 is 2.29 bits per heavy atom. The van der Waals surface area contributed by atoms with Crippen molar-refractivity contribution in [1.82, 2.24) is 0 Å². The fraction of sp³-hybridized carbons (Fsp3) is 0.250. The first-order valence-corrected chi connectivity index (χ1v) is 1.60. The minimum Gasteiger partial charge on any atom is -0.481 e. The van der Waals surface area contributed by atoms with E-state index in [9.17, 15) is 4.79 Å². The lowest BCUT2D eigenvalue weighted by Gasteiger charge is -1.75. The van der Waals surface area contributed by atoms with Crippen molar-refractivity contribution >= 4 is 23.0 Å². The van der Waals surface area contributed by atoms with Gasteiger partial charge in [-0.15, -0.1) is 23.6 Å². The molecule has 0 heterocycles.